The molecule has 25 heavy (non-hydrogen) atoms. The summed E-state index contributed by atoms with van der Waals surface area (Å²) in [4.78, 5) is 8.16. The van der Waals surface area contributed by atoms with Gasteiger partial charge in [0.15, 0.2) is 0 Å². The number of hydrogen-bond donors (Lipinski definition) is 1. The van der Waals surface area contributed by atoms with Gasteiger partial charge >= 0.3 is 6.01 Å². The largest absolute Gasteiger partial charge is 0.424 e. The highest BCUT2D eigenvalue weighted by Crippen LogP contribution is 2.18. The van der Waals surface area contributed by atoms with Crippen LogP contribution in [0.1, 0.15) is 24.5 Å². The first-order valence-electron chi connectivity index (χ1n) is 8.61. The standard InChI is InChI=1S/C21H23N3O/c1-17(11-12-18-7-3-2-4-8-18)24-16-19-9-5-10-20(15-19)25-21-22-13-6-14-23-21/h2-10,13-15,17,24H,11-12,16H2,1H3. The van der Waals surface area contributed by atoms with Gasteiger partial charge in [-0.25, -0.2) is 9.97 Å². The van der Waals surface area contributed by atoms with E-state index in [9.17, 15) is 0 Å². The lowest BCUT2D eigenvalue weighted by molar-refractivity contribution is 0.440. The average molecular weight is 333 g/mol. The minimum atomic E-state index is 0.365. The van der Waals surface area contributed by atoms with Gasteiger partial charge < -0.3 is 10.1 Å². The second-order valence-electron chi connectivity index (χ2n) is 6.09. The fraction of sp³-hybridized carbons (Fsp3) is 0.238. The third-order valence-corrected chi connectivity index (χ3v) is 4.01. The van der Waals surface area contributed by atoms with Gasteiger partial charge in [0, 0.05) is 25.0 Å². The van der Waals surface area contributed by atoms with Crippen molar-refractivity contribution in [3.8, 4) is 11.8 Å². The molecule has 1 aromatic heterocycles. The monoisotopic (exact) mass is 333 g/mol. The second-order valence-corrected chi connectivity index (χ2v) is 6.09. The Hall–Kier alpha value is -2.72. The van der Waals surface area contributed by atoms with Crippen LogP contribution in [0.2, 0.25) is 0 Å². The summed E-state index contributed by atoms with van der Waals surface area (Å²) in [7, 11) is 0. The van der Waals surface area contributed by atoms with Gasteiger partial charge in [-0.3, -0.25) is 0 Å². The third-order valence-electron chi connectivity index (χ3n) is 4.01. The lowest BCUT2D eigenvalue weighted by Gasteiger charge is -2.14. The Morgan fingerprint density at radius 2 is 1.68 bits per heavy atom. The minimum Gasteiger partial charge on any atom is -0.424 e. The van der Waals surface area contributed by atoms with Gasteiger partial charge in [0.05, 0.1) is 0 Å². The quantitative estimate of drug-likeness (QED) is 0.664. The van der Waals surface area contributed by atoms with Crippen molar-refractivity contribution in [2.75, 3.05) is 0 Å². The first-order valence-corrected chi connectivity index (χ1v) is 8.61. The summed E-state index contributed by atoms with van der Waals surface area (Å²) in [5.41, 5.74) is 2.56. The van der Waals surface area contributed by atoms with Crippen LogP contribution in [0, 0.1) is 0 Å². The molecule has 0 spiro atoms. The van der Waals surface area contributed by atoms with Crippen LogP contribution < -0.4 is 10.1 Å². The highest BCUT2D eigenvalue weighted by Gasteiger charge is 2.04. The molecule has 0 amide bonds. The van der Waals surface area contributed by atoms with Crippen LogP contribution >= 0.6 is 0 Å². The number of rotatable bonds is 8. The van der Waals surface area contributed by atoms with E-state index in [0.717, 1.165) is 25.1 Å². The number of benzene rings is 2. The molecule has 0 fully saturated rings. The smallest absolute Gasteiger partial charge is 0.321 e. The minimum absolute atomic E-state index is 0.365. The van der Waals surface area contributed by atoms with E-state index in [0.29, 0.717) is 12.1 Å². The molecule has 0 aliphatic rings. The molecule has 4 nitrogen and oxygen atoms in total. The van der Waals surface area contributed by atoms with Gasteiger partial charge in [0.2, 0.25) is 0 Å². The molecule has 3 rings (SSSR count). The molecule has 1 atom stereocenters. The van der Waals surface area contributed by atoms with Gasteiger partial charge in [-0.2, -0.15) is 0 Å². The zero-order valence-corrected chi connectivity index (χ0v) is 14.4. The molecule has 0 aliphatic heterocycles. The first kappa shape index (κ1) is 17.1. The molecule has 0 saturated heterocycles. The average Bonchev–Trinajstić information content (AvgIpc) is 2.67. The van der Waals surface area contributed by atoms with Crippen molar-refractivity contribution < 1.29 is 4.74 Å². The van der Waals surface area contributed by atoms with Crippen LogP contribution in [0.5, 0.6) is 11.8 Å². The molecule has 0 radical (unpaired) electrons. The highest BCUT2D eigenvalue weighted by molar-refractivity contribution is 5.30. The van der Waals surface area contributed by atoms with Crippen molar-refractivity contribution >= 4 is 0 Å². The Morgan fingerprint density at radius 3 is 2.48 bits per heavy atom. The zero-order chi connectivity index (χ0) is 17.3. The molecule has 0 saturated carbocycles. The second kappa shape index (κ2) is 8.94. The summed E-state index contributed by atoms with van der Waals surface area (Å²) in [6.07, 6.45) is 5.53. The number of hydrogen-bond acceptors (Lipinski definition) is 4. The van der Waals surface area contributed by atoms with E-state index in [1.165, 1.54) is 11.1 Å². The summed E-state index contributed by atoms with van der Waals surface area (Å²) >= 11 is 0. The zero-order valence-electron chi connectivity index (χ0n) is 14.4. The van der Waals surface area contributed by atoms with Gasteiger partial charge in [-0.15, -0.1) is 0 Å². The summed E-state index contributed by atoms with van der Waals surface area (Å²) in [6.45, 7) is 3.03. The first-order chi connectivity index (χ1) is 12.3. The maximum Gasteiger partial charge on any atom is 0.321 e. The molecule has 128 valence electrons. The SMILES string of the molecule is CC(CCc1ccccc1)NCc1cccc(Oc2ncccn2)c1. The lowest BCUT2D eigenvalue weighted by atomic mass is 10.1. The normalized spacial score (nSPS) is 11.9. The van der Waals surface area contributed by atoms with Crippen LogP contribution in [0.25, 0.3) is 0 Å². The Labute approximate surface area is 148 Å². The molecule has 4 heteroatoms. The summed E-state index contributed by atoms with van der Waals surface area (Å²) in [6, 6.07) is 21.2. The molecule has 1 heterocycles. The number of ether oxygens (including phenoxy) is 1. The number of aryl methyl sites for hydroxylation is 1. The molecular weight excluding hydrogens is 310 g/mol. The van der Waals surface area contributed by atoms with Crippen LogP contribution in [-0.2, 0) is 13.0 Å². The molecule has 0 bridgehead atoms. The third kappa shape index (κ3) is 5.69. The van der Waals surface area contributed by atoms with E-state index in [2.05, 4.69) is 58.6 Å². The highest BCUT2D eigenvalue weighted by atomic mass is 16.5. The maximum absolute atomic E-state index is 5.68. The Balaban J connectivity index is 1.48. The summed E-state index contributed by atoms with van der Waals surface area (Å²) in [5, 5.41) is 3.57. The predicted molar refractivity (Wildman–Crippen MR) is 99.6 cm³/mol. The van der Waals surface area contributed by atoms with Crippen molar-refractivity contribution in [2.24, 2.45) is 0 Å². The molecule has 1 N–H and O–H groups in total. The Bertz CT molecular complexity index is 762. The lowest BCUT2D eigenvalue weighted by Crippen LogP contribution is -2.25. The number of aromatic nitrogens is 2. The van der Waals surface area contributed by atoms with E-state index in [1.54, 1.807) is 18.5 Å². The van der Waals surface area contributed by atoms with Gasteiger partial charge in [-0.05, 0) is 49.1 Å². The van der Waals surface area contributed by atoms with Crippen LogP contribution in [-0.4, -0.2) is 16.0 Å². The van der Waals surface area contributed by atoms with Crippen molar-refractivity contribution in [3.63, 3.8) is 0 Å². The predicted octanol–water partition coefficient (Wildman–Crippen LogP) is 4.38. The van der Waals surface area contributed by atoms with E-state index in [1.807, 2.05) is 18.2 Å². The Morgan fingerprint density at radius 1 is 0.920 bits per heavy atom. The molecular formula is C21H23N3O. The molecule has 1 unspecified atom stereocenters. The Kier molecular flexibility index (Phi) is 6.12. The van der Waals surface area contributed by atoms with Crippen molar-refractivity contribution in [1.82, 2.24) is 15.3 Å². The number of nitrogens with one attached hydrogen (secondary N) is 1. The van der Waals surface area contributed by atoms with E-state index in [4.69, 9.17) is 4.74 Å². The van der Waals surface area contributed by atoms with Gasteiger partial charge in [-0.1, -0.05) is 42.5 Å². The van der Waals surface area contributed by atoms with Gasteiger partial charge in [0.1, 0.15) is 5.75 Å². The van der Waals surface area contributed by atoms with E-state index >= 15 is 0 Å². The maximum atomic E-state index is 5.68. The molecule has 0 aliphatic carbocycles. The van der Waals surface area contributed by atoms with Crippen molar-refractivity contribution in [3.05, 3.63) is 84.2 Å². The topological polar surface area (TPSA) is 47.0 Å². The van der Waals surface area contributed by atoms with E-state index in [-0.39, 0.29) is 0 Å². The van der Waals surface area contributed by atoms with Crippen LogP contribution in [0.4, 0.5) is 0 Å². The summed E-state index contributed by atoms with van der Waals surface area (Å²) in [5.74, 6) is 0.752. The van der Waals surface area contributed by atoms with Crippen LogP contribution in [0.3, 0.4) is 0 Å². The van der Waals surface area contributed by atoms with Crippen LogP contribution in [0.15, 0.2) is 73.1 Å². The fourth-order valence-electron chi connectivity index (χ4n) is 2.58. The number of nitrogens with zero attached hydrogens (tertiary/aromatic N) is 2. The van der Waals surface area contributed by atoms with E-state index < -0.39 is 0 Å². The van der Waals surface area contributed by atoms with Gasteiger partial charge in [0.25, 0.3) is 0 Å². The summed E-state index contributed by atoms with van der Waals surface area (Å²) < 4.78 is 5.68. The van der Waals surface area contributed by atoms with Crippen molar-refractivity contribution in [2.45, 2.75) is 32.4 Å². The molecule has 2 aromatic carbocycles. The van der Waals surface area contributed by atoms with Crippen molar-refractivity contribution in [1.29, 1.82) is 0 Å². The fourth-order valence-corrected chi connectivity index (χ4v) is 2.58. The molecule has 3 aromatic rings.